The third kappa shape index (κ3) is 4.00. The predicted molar refractivity (Wildman–Crippen MR) is 101 cm³/mol. The lowest BCUT2D eigenvalue weighted by molar-refractivity contribution is 0.0953. The van der Waals surface area contributed by atoms with Gasteiger partial charge < -0.3 is 20.9 Å². The first-order chi connectivity index (χ1) is 12.5. The number of aryl methyl sites for hydroxylation is 2. The summed E-state index contributed by atoms with van der Waals surface area (Å²) in [6, 6.07) is 14.0. The van der Waals surface area contributed by atoms with Gasteiger partial charge in [0.1, 0.15) is 5.82 Å². The van der Waals surface area contributed by atoms with Crippen molar-refractivity contribution in [1.82, 2.24) is 14.9 Å². The second-order valence-corrected chi connectivity index (χ2v) is 5.98. The number of nitrogens with two attached hydrogens (primary N) is 1. The maximum atomic E-state index is 12.2. The largest absolute Gasteiger partial charge is 0.352 e. The summed E-state index contributed by atoms with van der Waals surface area (Å²) >= 11 is 0. The van der Waals surface area contributed by atoms with E-state index in [4.69, 9.17) is 5.73 Å². The van der Waals surface area contributed by atoms with Crippen molar-refractivity contribution in [2.24, 2.45) is 5.73 Å². The molecule has 0 radical (unpaired) electrons. The molecule has 1 heterocycles. The maximum absolute atomic E-state index is 12.2. The van der Waals surface area contributed by atoms with Gasteiger partial charge in [0.25, 0.3) is 5.91 Å². The van der Waals surface area contributed by atoms with Crippen molar-refractivity contribution >= 4 is 28.7 Å². The molecule has 0 bridgehead atoms. The zero-order valence-corrected chi connectivity index (χ0v) is 14.5. The average molecular weight is 351 g/mol. The van der Waals surface area contributed by atoms with Gasteiger partial charge in [0.2, 0.25) is 0 Å². The molecular weight excluding hydrogens is 330 g/mol. The van der Waals surface area contributed by atoms with E-state index in [1.807, 2.05) is 25.1 Å². The number of carbonyl (C=O) groups is 2. The first kappa shape index (κ1) is 17.5. The molecule has 0 aliphatic heterocycles. The van der Waals surface area contributed by atoms with Gasteiger partial charge in [-0.05, 0) is 49.7 Å². The van der Waals surface area contributed by atoms with E-state index < -0.39 is 6.03 Å². The molecular formula is C19H21N5O2. The number of primary amides is 1. The minimum atomic E-state index is -0.635. The number of nitrogens with zero attached hydrogens (tertiary/aromatic N) is 2. The summed E-state index contributed by atoms with van der Waals surface area (Å²) in [4.78, 5) is 27.5. The zero-order chi connectivity index (χ0) is 18.5. The summed E-state index contributed by atoms with van der Waals surface area (Å²) in [5.41, 5.74) is 8.23. The number of urea groups is 1. The molecule has 0 aliphatic carbocycles. The average Bonchev–Trinajstić information content (AvgIpc) is 2.94. The van der Waals surface area contributed by atoms with Crippen LogP contribution in [0.15, 0.2) is 48.5 Å². The van der Waals surface area contributed by atoms with E-state index in [-0.39, 0.29) is 5.91 Å². The van der Waals surface area contributed by atoms with Crippen molar-refractivity contribution in [3.05, 3.63) is 59.9 Å². The molecule has 134 valence electrons. The molecule has 0 saturated heterocycles. The van der Waals surface area contributed by atoms with Crippen LogP contribution in [0, 0.1) is 6.92 Å². The van der Waals surface area contributed by atoms with Gasteiger partial charge in [-0.25, -0.2) is 9.78 Å². The molecule has 4 N–H and O–H groups in total. The van der Waals surface area contributed by atoms with Crippen LogP contribution in [0.2, 0.25) is 0 Å². The Morgan fingerprint density at radius 2 is 1.85 bits per heavy atom. The smallest absolute Gasteiger partial charge is 0.316 e. The van der Waals surface area contributed by atoms with E-state index in [2.05, 4.69) is 26.3 Å². The molecule has 0 unspecified atom stereocenters. The number of hydrogen-bond acceptors (Lipinski definition) is 3. The highest BCUT2D eigenvalue weighted by Crippen LogP contribution is 2.15. The van der Waals surface area contributed by atoms with E-state index >= 15 is 0 Å². The van der Waals surface area contributed by atoms with Gasteiger partial charge in [0.15, 0.2) is 0 Å². The van der Waals surface area contributed by atoms with Gasteiger partial charge in [-0.15, -0.1) is 0 Å². The highest BCUT2D eigenvalue weighted by Gasteiger charge is 2.08. The van der Waals surface area contributed by atoms with Gasteiger partial charge in [0.05, 0.1) is 11.0 Å². The number of hydrogen-bond donors (Lipinski definition) is 3. The van der Waals surface area contributed by atoms with E-state index in [1.54, 1.807) is 24.3 Å². The minimum absolute atomic E-state index is 0.150. The summed E-state index contributed by atoms with van der Waals surface area (Å²) in [5, 5.41) is 5.36. The van der Waals surface area contributed by atoms with Gasteiger partial charge in [-0.1, -0.05) is 12.1 Å². The summed E-state index contributed by atoms with van der Waals surface area (Å²) in [6.45, 7) is 3.33. The Bertz CT molecular complexity index is 931. The van der Waals surface area contributed by atoms with Crippen LogP contribution in [0.25, 0.3) is 11.0 Å². The van der Waals surface area contributed by atoms with Crippen LogP contribution in [0.4, 0.5) is 10.5 Å². The minimum Gasteiger partial charge on any atom is -0.352 e. The second kappa shape index (κ2) is 7.69. The summed E-state index contributed by atoms with van der Waals surface area (Å²) < 4.78 is 2.16. The van der Waals surface area contributed by atoms with E-state index in [0.29, 0.717) is 17.8 Å². The van der Waals surface area contributed by atoms with E-state index in [1.165, 1.54) is 0 Å². The fraction of sp³-hybridized carbons (Fsp3) is 0.211. The summed E-state index contributed by atoms with van der Waals surface area (Å²) in [5.74, 6) is 0.818. The highest BCUT2D eigenvalue weighted by atomic mass is 16.2. The quantitative estimate of drug-likeness (QED) is 0.595. The Morgan fingerprint density at radius 3 is 2.58 bits per heavy atom. The number of fused-ring (bicyclic) bond motifs is 1. The van der Waals surface area contributed by atoms with Gasteiger partial charge in [0, 0.05) is 24.3 Å². The van der Waals surface area contributed by atoms with Gasteiger partial charge >= 0.3 is 6.03 Å². The fourth-order valence-electron chi connectivity index (χ4n) is 2.87. The Kier molecular flexibility index (Phi) is 5.17. The van der Waals surface area contributed by atoms with Crippen molar-refractivity contribution in [2.45, 2.75) is 19.9 Å². The molecule has 0 atom stereocenters. The van der Waals surface area contributed by atoms with Crippen molar-refractivity contribution in [2.75, 3.05) is 11.9 Å². The lowest BCUT2D eigenvalue weighted by Crippen LogP contribution is -2.25. The highest BCUT2D eigenvalue weighted by molar-refractivity contribution is 5.95. The first-order valence-corrected chi connectivity index (χ1v) is 8.41. The Balaban J connectivity index is 1.52. The molecule has 3 rings (SSSR count). The van der Waals surface area contributed by atoms with E-state index in [0.717, 1.165) is 29.8 Å². The number of carbonyl (C=O) groups excluding carboxylic acids is 2. The molecule has 0 fully saturated rings. The van der Waals surface area contributed by atoms with Crippen LogP contribution in [0.3, 0.4) is 0 Å². The molecule has 2 aromatic carbocycles. The molecule has 7 nitrogen and oxygen atoms in total. The first-order valence-electron chi connectivity index (χ1n) is 8.41. The molecule has 3 amide bonds. The third-order valence-electron chi connectivity index (χ3n) is 4.10. The topological polar surface area (TPSA) is 102 Å². The number of aromatic nitrogens is 2. The Morgan fingerprint density at radius 1 is 1.12 bits per heavy atom. The standard InChI is InChI=1S/C19H21N5O2/c1-13-22-16-5-2-3-6-17(16)24(13)12-4-11-21-18(25)14-7-9-15(10-8-14)23-19(20)26/h2-3,5-10H,4,11-12H2,1H3,(H,21,25)(H3,20,23,26). The van der Waals surface area contributed by atoms with Crippen molar-refractivity contribution < 1.29 is 9.59 Å². The number of rotatable bonds is 6. The second-order valence-electron chi connectivity index (χ2n) is 5.98. The lowest BCUT2D eigenvalue weighted by atomic mass is 10.2. The van der Waals surface area contributed by atoms with Crippen LogP contribution in [0.1, 0.15) is 22.6 Å². The number of anilines is 1. The van der Waals surface area contributed by atoms with E-state index in [9.17, 15) is 9.59 Å². The van der Waals surface area contributed by atoms with Crippen LogP contribution < -0.4 is 16.4 Å². The zero-order valence-electron chi connectivity index (χ0n) is 14.5. The van der Waals surface area contributed by atoms with Crippen LogP contribution in [-0.2, 0) is 6.54 Å². The molecule has 26 heavy (non-hydrogen) atoms. The molecule has 3 aromatic rings. The van der Waals surface area contributed by atoms with Crippen LogP contribution in [0.5, 0.6) is 0 Å². The monoisotopic (exact) mass is 351 g/mol. The van der Waals surface area contributed by atoms with Crippen LogP contribution in [-0.4, -0.2) is 28.0 Å². The molecule has 0 saturated carbocycles. The fourth-order valence-corrected chi connectivity index (χ4v) is 2.87. The SMILES string of the molecule is Cc1nc2ccccc2n1CCCNC(=O)c1ccc(NC(N)=O)cc1. The molecule has 7 heteroatoms. The maximum Gasteiger partial charge on any atom is 0.316 e. The van der Waals surface area contributed by atoms with Gasteiger partial charge in [-0.3, -0.25) is 4.79 Å². The third-order valence-corrected chi connectivity index (χ3v) is 4.10. The Hall–Kier alpha value is -3.35. The van der Waals surface area contributed by atoms with Crippen LogP contribution >= 0.6 is 0 Å². The molecule has 1 aromatic heterocycles. The number of nitrogens with one attached hydrogen (secondary N) is 2. The molecule has 0 spiro atoms. The van der Waals surface area contributed by atoms with Crippen molar-refractivity contribution in [1.29, 1.82) is 0 Å². The number of amides is 3. The number of benzene rings is 2. The molecule has 0 aliphatic rings. The number of imidazole rings is 1. The normalized spacial score (nSPS) is 10.7. The Labute approximate surface area is 151 Å². The lowest BCUT2D eigenvalue weighted by Gasteiger charge is -2.09. The van der Waals surface area contributed by atoms with Crippen molar-refractivity contribution in [3.8, 4) is 0 Å². The van der Waals surface area contributed by atoms with Crippen molar-refractivity contribution in [3.63, 3.8) is 0 Å². The summed E-state index contributed by atoms with van der Waals surface area (Å²) in [7, 11) is 0. The summed E-state index contributed by atoms with van der Waals surface area (Å²) in [6.07, 6.45) is 0.800. The predicted octanol–water partition coefficient (Wildman–Crippen LogP) is 2.66. The van der Waals surface area contributed by atoms with Gasteiger partial charge in [-0.2, -0.15) is 0 Å². The number of para-hydroxylation sites is 2.